The van der Waals surface area contributed by atoms with Gasteiger partial charge >= 0.3 is 0 Å². The van der Waals surface area contributed by atoms with E-state index in [4.69, 9.17) is 14.5 Å². The average Bonchev–Trinajstić information content (AvgIpc) is 4.16. The molecule has 326 valence electrons. The lowest BCUT2D eigenvalue weighted by Gasteiger charge is -2.34. The highest BCUT2D eigenvalue weighted by atomic mass is 32.2. The second kappa shape index (κ2) is 16.9. The average molecular weight is 863 g/mol. The van der Waals surface area contributed by atoms with Gasteiger partial charge in [0.05, 0.1) is 36.7 Å². The lowest BCUT2D eigenvalue weighted by atomic mass is 9.94. The summed E-state index contributed by atoms with van der Waals surface area (Å²) >= 11 is 0. The van der Waals surface area contributed by atoms with Crippen molar-refractivity contribution in [3.05, 3.63) is 60.4 Å². The molecule has 4 amide bonds. The Hall–Kier alpha value is -5.19. The van der Waals surface area contributed by atoms with Crippen LogP contribution in [0.2, 0.25) is 0 Å². The summed E-state index contributed by atoms with van der Waals surface area (Å²) in [5, 5.41) is 2.88. The number of carbonyl (C=O) groups excluding carboxylic acids is 4. The van der Waals surface area contributed by atoms with Crippen LogP contribution in [0.5, 0.6) is 11.5 Å². The van der Waals surface area contributed by atoms with E-state index < -0.39 is 80.9 Å². The van der Waals surface area contributed by atoms with E-state index in [1.807, 2.05) is 31.2 Å². The van der Waals surface area contributed by atoms with E-state index in [1.54, 1.807) is 37.7 Å². The molecule has 14 nitrogen and oxygen atoms in total. The van der Waals surface area contributed by atoms with Gasteiger partial charge in [0, 0.05) is 72.6 Å². The smallest absolute Gasteiger partial charge is 0.265 e. The predicted molar refractivity (Wildman–Crippen MR) is 221 cm³/mol. The number of ether oxygens (including phenoxy) is 2. The Bertz CT molecular complexity index is 2340. The van der Waals surface area contributed by atoms with Crippen molar-refractivity contribution in [2.75, 3.05) is 26.7 Å². The zero-order chi connectivity index (χ0) is 43.1. The minimum Gasteiger partial charge on any atom is -0.496 e. The molecule has 0 bridgehead atoms. The van der Waals surface area contributed by atoms with Crippen LogP contribution in [0.1, 0.15) is 82.6 Å². The number of methoxy groups -OCH3 is 1. The highest BCUT2D eigenvalue weighted by Crippen LogP contribution is 2.46. The molecule has 2 saturated carbocycles. The van der Waals surface area contributed by atoms with Crippen LogP contribution >= 0.6 is 0 Å². The number of hydrogen-bond donors (Lipinski definition) is 2. The minimum atomic E-state index is -3.94. The standard InChI is InChI=1S/C44H52F2N6O8S/c1-27-36(59-2)16-15-33-37(22-34(48-39(27)33)29-11-8-18-47-24-29)60-31-21-35-40(54)49-44(42(56)50-61(57,58)32-13-14-32)23-30(44)12-7-5-3-4-6-10-28(41(55)52(35)25-31)20-38(53)51-19-9-17-43(45,46)26-51/h7-8,11-12,15-16,18,22,24,28,30-32,35H,3-6,9-10,13-14,17,19-21,23,25-26H2,1-2H3,(H,49,54)(H,50,56)/t28-,30-,31-,35+,44-/m1/s1. The topological polar surface area (TPSA) is 177 Å². The van der Waals surface area contributed by atoms with Gasteiger partial charge in [0.25, 0.3) is 11.8 Å². The van der Waals surface area contributed by atoms with Crippen LogP contribution < -0.4 is 19.5 Å². The van der Waals surface area contributed by atoms with Crippen molar-refractivity contribution in [2.24, 2.45) is 11.8 Å². The number of aromatic nitrogens is 2. The molecule has 2 N–H and O–H groups in total. The number of nitrogens with zero attached hydrogens (tertiary/aromatic N) is 4. The molecule has 5 aliphatic rings. The summed E-state index contributed by atoms with van der Waals surface area (Å²) in [6.07, 6.45) is 9.90. The fraction of sp³-hybridized carbons (Fsp3) is 0.545. The molecule has 2 aliphatic carbocycles. The van der Waals surface area contributed by atoms with E-state index >= 15 is 0 Å². The quantitative estimate of drug-likeness (QED) is 0.271. The molecule has 8 rings (SSSR count). The first kappa shape index (κ1) is 42.5. The van der Waals surface area contributed by atoms with Crippen molar-refractivity contribution in [3.8, 4) is 22.8 Å². The highest BCUT2D eigenvalue weighted by Gasteiger charge is 2.62. The van der Waals surface area contributed by atoms with Gasteiger partial charge in [-0.25, -0.2) is 22.2 Å². The Morgan fingerprint density at radius 1 is 1.07 bits per heavy atom. The maximum absolute atomic E-state index is 14.9. The van der Waals surface area contributed by atoms with Crippen LogP contribution in [0.3, 0.4) is 0 Å². The first-order valence-electron chi connectivity index (χ1n) is 21.2. The second-order valence-electron chi connectivity index (χ2n) is 17.2. The summed E-state index contributed by atoms with van der Waals surface area (Å²) in [7, 11) is -2.37. The minimum absolute atomic E-state index is 0.00363. The van der Waals surface area contributed by atoms with E-state index in [1.165, 1.54) is 4.90 Å². The molecule has 2 aromatic heterocycles. The number of halogens is 2. The number of alkyl halides is 2. The number of hydrogen-bond acceptors (Lipinski definition) is 10. The van der Waals surface area contributed by atoms with Crippen molar-refractivity contribution < 1.29 is 45.9 Å². The highest BCUT2D eigenvalue weighted by molar-refractivity contribution is 7.91. The second-order valence-corrected chi connectivity index (χ2v) is 19.2. The summed E-state index contributed by atoms with van der Waals surface area (Å²) in [5.41, 5.74) is 1.11. The van der Waals surface area contributed by atoms with Gasteiger partial charge in [0.2, 0.25) is 27.7 Å². The molecule has 0 radical (unpaired) electrons. The third-order valence-corrected chi connectivity index (χ3v) is 14.6. The van der Waals surface area contributed by atoms with Gasteiger partial charge in [-0.1, -0.05) is 25.0 Å². The van der Waals surface area contributed by atoms with Crippen molar-refractivity contribution in [1.82, 2.24) is 29.8 Å². The van der Waals surface area contributed by atoms with Gasteiger partial charge in [-0.3, -0.25) is 28.9 Å². The first-order valence-corrected chi connectivity index (χ1v) is 22.8. The molecule has 0 spiro atoms. The third-order valence-electron chi connectivity index (χ3n) is 12.7. The van der Waals surface area contributed by atoms with E-state index in [-0.39, 0.29) is 45.2 Å². The van der Waals surface area contributed by atoms with Crippen LogP contribution in [-0.2, 0) is 29.2 Å². The third kappa shape index (κ3) is 9.07. The molecule has 5 atom stereocenters. The summed E-state index contributed by atoms with van der Waals surface area (Å²) in [5.74, 6) is -5.89. The fourth-order valence-electron chi connectivity index (χ4n) is 9.04. The monoisotopic (exact) mass is 862 g/mol. The van der Waals surface area contributed by atoms with Gasteiger partial charge in [-0.05, 0) is 76.1 Å². The van der Waals surface area contributed by atoms with Crippen LogP contribution in [0.15, 0.2) is 54.9 Å². The number of benzene rings is 1. The SMILES string of the molecule is COc1ccc2c(O[C@@H]3C[C@H]4C(=O)N[C@]5(C(=O)NS(=O)(=O)C6CC6)C[C@H]5C=CCCCCC[C@H](CC(=O)N5CCCC(F)(F)C5)C(=O)N4C3)cc(-c3cccnc3)nc2c1C. The molecule has 17 heteroatoms. The Morgan fingerprint density at radius 2 is 1.89 bits per heavy atom. The first-order chi connectivity index (χ1) is 29.2. The number of fused-ring (bicyclic) bond motifs is 3. The van der Waals surface area contributed by atoms with E-state index in [0.29, 0.717) is 66.6 Å². The Kier molecular flexibility index (Phi) is 11.8. The molecular formula is C44H52F2N6O8S. The zero-order valence-corrected chi connectivity index (χ0v) is 35.2. The molecule has 3 aromatic rings. The van der Waals surface area contributed by atoms with Gasteiger partial charge < -0.3 is 24.6 Å². The number of carbonyl (C=O) groups is 4. The summed E-state index contributed by atoms with van der Waals surface area (Å²) in [6, 6.07) is 7.89. The van der Waals surface area contributed by atoms with E-state index in [2.05, 4.69) is 15.0 Å². The van der Waals surface area contributed by atoms with Crippen molar-refractivity contribution in [2.45, 2.75) is 113 Å². The van der Waals surface area contributed by atoms with Crippen LogP contribution in [0.25, 0.3) is 22.2 Å². The van der Waals surface area contributed by atoms with Gasteiger partial charge in [-0.2, -0.15) is 0 Å². The number of rotatable bonds is 9. The summed E-state index contributed by atoms with van der Waals surface area (Å²) in [6.45, 7) is 1.27. The number of pyridine rings is 2. The van der Waals surface area contributed by atoms with Crippen LogP contribution in [0, 0.1) is 18.8 Å². The van der Waals surface area contributed by atoms with E-state index in [0.717, 1.165) is 22.4 Å². The summed E-state index contributed by atoms with van der Waals surface area (Å²) < 4.78 is 69.4. The van der Waals surface area contributed by atoms with Crippen LogP contribution in [0.4, 0.5) is 8.78 Å². The maximum atomic E-state index is 14.9. The number of sulfonamides is 1. The van der Waals surface area contributed by atoms with Gasteiger partial charge in [0.1, 0.15) is 29.2 Å². The zero-order valence-electron chi connectivity index (χ0n) is 34.4. The van der Waals surface area contributed by atoms with E-state index in [9.17, 15) is 36.4 Å². The molecule has 1 aromatic carbocycles. The van der Waals surface area contributed by atoms with Crippen LogP contribution in [-0.4, -0.2) is 107 Å². The molecular weight excluding hydrogens is 811 g/mol. The summed E-state index contributed by atoms with van der Waals surface area (Å²) in [4.78, 5) is 68.8. The number of allylic oxidation sites excluding steroid dienone is 1. The van der Waals surface area contributed by atoms with Gasteiger partial charge in [-0.15, -0.1) is 0 Å². The normalized spacial score (nSPS) is 27.0. The number of aryl methyl sites for hydroxylation is 1. The molecule has 4 fully saturated rings. The van der Waals surface area contributed by atoms with Crippen molar-refractivity contribution in [1.29, 1.82) is 0 Å². The Morgan fingerprint density at radius 3 is 2.62 bits per heavy atom. The Balaban J connectivity index is 1.14. The lowest BCUT2D eigenvalue weighted by molar-refractivity contribution is -0.148. The molecule has 3 aliphatic heterocycles. The van der Waals surface area contributed by atoms with Crippen molar-refractivity contribution >= 4 is 44.6 Å². The molecule has 0 unspecified atom stereocenters. The largest absolute Gasteiger partial charge is 0.496 e. The maximum Gasteiger partial charge on any atom is 0.265 e. The predicted octanol–water partition coefficient (Wildman–Crippen LogP) is 5.23. The van der Waals surface area contributed by atoms with Crippen molar-refractivity contribution in [3.63, 3.8) is 0 Å². The molecule has 2 saturated heterocycles. The fourth-order valence-corrected chi connectivity index (χ4v) is 10.4. The Labute approximate surface area is 353 Å². The number of nitrogens with one attached hydrogen (secondary N) is 2. The lowest BCUT2D eigenvalue weighted by Crippen LogP contribution is -2.57. The van der Waals surface area contributed by atoms with Gasteiger partial charge in [0.15, 0.2) is 0 Å². The number of amides is 4. The molecule has 5 heterocycles. The number of piperidine rings is 1. The number of likely N-dealkylation sites (tertiary alicyclic amines) is 1. The molecule has 61 heavy (non-hydrogen) atoms.